The summed E-state index contributed by atoms with van der Waals surface area (Å²) in [4.78, 5) is 35.7. The number of amides is 1. The number of ether oxygens (including phenoxy) is 3. The molecule has 45 heavy (non-hydrogen) atoms. The Morgan fingerprint density at radius 3 is 2.42 bits per heavy atom. The van der Waals surface area contributed by atoms with Crippen molar-refractivity contribution in [2.45, 2.75) is 64.6 Å². The zero-order valence-electron chi connectivity index (χ0n) is 27.3. The first kappa shape index (κ1) is 32.2. The topological polar surface area (TPSA) is 80.7 Å². The fourth-order valence-corrected chi connectivity index (χ4v) is 6.51. The molecule has 2 aliphatic rings. The molecule has 2 aliphatic heterocycles. The number of likely N-dealkylation sites (N-methyl/N-ethyl adjacent to an activating group) is 1. The van der Waals surface area contributed by atoms with Crippen LogP contribution in [-0.4, -0.2) is 86.0 Å². The molecule has 1 fully saturated rings. The summed E-state index contributed by atoms with van der Waals surface area (Å²) in [6.07, 6.45) is 1.18. The molecule has 0 saturated carbocycles. The molecule has 0 N–H and O–H groups in total. The molecule has 3 aromatic carbocycles. The average molecular weight is 612 g/mol. The average Bonchev–Trinajstić information content (AvgIpc) is 3.04. The van der Waals surface area contributed by atoms with Gasteiger partial charge in [0.25, 0.3) is 5.91 Å². The van der Waals surface area contributed by atoms with Gasteiger partial charge in [0.15, 0.2) is 11.5 Å². The number of esters is 1. The van der Waals surface area contributed by atoms with Crippen molar-refractivity contribution in [1.82, 2.24) is 9.80 Å². The van der Waals surface area contributed by atoms with Crippen molar-refractivity contribution in [3.8, 4) is 11.5 Å². The number of carbonyl (C=O) groups is 2. The first-order chi connectivity index (χ1) is 21.7. The molecular weight excluding hydrogens is 566 g/mol. The van der Waals surface area contributed by atoms with Crippen molar-refractivity contribution in [3.63, 3.8) is 0 Å². The minimum absolute atomic E-state index is 0.0806. The van der Waals surface area contributed by atoms with Gasteiger partial charge in [0, 0.05) is 35.2 Å². The Balaban J connectivity index is 1.36. The molecule has 0 radical (unpaired) electrons. The van der Waals surface area contributed by atoms with Gasteiger partial charge >= 0.3 is 5.97 Å². The molecule has 0 aliphatic carbocycles. The largest absolute Gasteiger partial charge is 0.493 e. The molecule has 8 heteroatoms. The highest BCUT2D eigenvalue weighted by molar-refractivity contribution is 6.15. The van der Waals surface area contributed by atoms with Crippen LogP contribution in [-0.2, 0) is 16.0 Å². The molecule has 238 valence electrons. The standard InChI is InChI=1S/C37H45N3O5/c1-7-44-34-20-29-30(21-33(34)43-6)36(38-32-17-18-39(5)22-31(29)32)27-13-15-28(16-14-27)37(42)40(24(2)3)25(4)23-45-35(41)19-26-11-9-8-10-12-26/h8-16,20-21,24-25,31-32H,7,17-19,22-23H2,1-6H3/t25-,31+,32+/m0/s1. The number of nitrogens with zero attached hydrogens (tertiary/aromatic N) is 3. The summed E-state index contributed by atoms with van der Waals surface area (Å²) >= 11 is 0. The summed E-state index contributed by atoms with van der Waals surface area (Å²) in [7, 11) is 3.82. The lowest BCUT2D eigenvalue weighted by Gasteiger charge is -2.39. The first-order valence-corrected chi connectivity index (χ1v) is 15.9. The predicted molar refractivity (Wildman–Crippen MR) is 177 cm³/mol. The third-order valence-electron chi connectivity index (χ3n) is 8.71. The zero-order valence-corrected chi connectivity index (χ0v) is 27.3. The van der Waals surface area contributed by atoms with E-state index in [0.717, 1.165) is 47.7 Å². The fourth-order valence-electron chi connectivity index (χ4n) is 6.51. The number of piperidine rings is 1. The number of fused-ring (bicyclic) bond motifs is 3. The maximum absolute atomic E-state index is 13.8. The van der Waals surface area contributed by atoms with E-state index >= 15 is 0 Å². The molecule has 0 spiro atoms. The fraction of sp³-hybridized carbons (Fsp3) is 0.432. The summed E-state index contributed by atoms with van der Waals surface area (Å²) in [6.45, 7) is 10.5. The van der Waals surface area contributed by atoms with Gasteiger partial charge in [-0.25, -0.2) is 0 Å². The normalized spacial score (nSPS) is 18.3. The van der Waals surface area contributed by atoms with E-state index in [2.05, 4.69) is 18.0 Å². The lowest BCUT2D eigenvalue weighted by atomic mass is 9.79. The minimum Gasteiger partial charge on any atom is -0.493 e. The molecule has 0 aromatic heterocycles. The monoisotopic (exact) mass is 611 g/mol. The van der Waals surface area contributed by atoms with E-state index < -0.39 is 0 Å². The number of hydrogen-bond acceptors (Lipinski definition) is 7. The van der Waals surface area contributed by atoms with Gasteiger partial charge in [-0.05, 0) is 83.1 Å². The Morgan fingerprint density at radius 2 is 1.76 bits per heavy atom. The quantitative estimate of drug-likeness (QED) is 0.257. The summed E-state index contributed by atoms with van der Waals surface area (Å²) in [5.74, 6) is 1.30. The van der Waals surface area contributed by atoms with Crippen molar-refractivity contribution in [2.24, 2.45) is 4.99 Å². The number of rotatable bonds is 11. The Kier molecular flexibility index (Phi) is 10.2. The first-order valence-electron chi connectivity index (χ1n) is 15.9. The van der Waals surface area contributed by atoms with Gasteiger partial charge in [-0.1, -0.05) is 42.5 Å². The molecule has 0 bridgehead atoms. The zero-order chi connectivity index (χ0) is 32.1. The maximum Gasteiger partial charge on any atom is 0.310 e. The van der Waals surface area contributed by atoms with E-state index in [0.29, 0.717) is 17.9 Å². The Bertz CT molecular complexity index is 1520. The third kappa shape index (κ3) is 7.22. The van der Waals surface area contributed by atoms with Gasteiger partial charge in [0.05, 0.1) is 37.9 Å². The third-order valence-corrected chi connectivity index (χ3v) is 8.71. The second-order valence-corrected chi connectivity index (χ2v) is 12.3. The van der Waals surface area contributed by atoms with Crippen LogP contribution < -0.4 is 9.47 Å². The number of carbonyl (C=O) groups excluding carboxylic acids is 2. The van der Waals surface area contributed by atoms with Crippen molar-refractivity contribution in [1.29, 1.82) is 0 Å². The molecule has 0 unspecified atom stereocenters. The van der Waals surface area contributed by atoms with Crippen LogP contribution >= 0.6 is 0 Å². The van der Waals surface area contributed by atoms with E-state index in [4.69, 9.17) is 19.2 Å². The van der Waals surface area contributed by atoms with Crippen LogP contribution in [0, 0.1) is 0 Å². The van der Waals surface area contributed by atoms with Crippen molar-refractivity contribution in [2.75, 3.05) is 40.5 Å². The van der Waals surface area contributed by atoms with E-state index in [1.165, 1.54) is 5.56 Å². The van der Waals surface area contributed by atoms with Crippen LogP contribution in [0.5, 0.6) is 11.5 Å². The van der Waals surface area contributed by atoms with Crippen LogP contribution in [0.2, 0.25) is 0 Å². The van der Waals surface area contributed by atoms with Gasteiger partial charge in [0.1, 0.15) is 6.61 Å². The van der Waals surface area contributed by atoms with Gasteiger partial charge in [-0.3, -0.25) is 14.6 Å². The molecule has 1 amide bonds. The molecule has 1 saturated heterocycles. The van der Waals surface area contributed by atoms with E-state index in [1.807, 2.05) is 88.4 Å². The maximum atomic E-state index is 13.8. The van der Waals surface area contributed by atoms with E-state index in [9.17, 15) is 9.59 Å². The number of aliphatic imine (C=N–C) groups is 1. The van der Waals surface area contributed by atoms with Crippen LogP contribution in [0.3, 0.4) is 0 Å². The second kappa shape index (κ2) is 14.3. The van der Waals surface area contributed by atoms with Crippen molar-refractivity contribution >= 4 is 17.6 Å². The van der Waals surface area contributed by atoms with Gasteiger partial charge in [-0.2, -0.15) is 0 Å². The smallest absolute Gasteiger partial charge is 0.310 e. The minimum atomic E-state index is -0.307. The Morgan fingerprint density at radius 1 is 1.02 bits per heavy atom. The van der Waals surface area contributed by atoms with Crippen LogP contribution in [0.1, 0.15) is 72.6 Å². The van der Waals surface area contributed by atoms with Crippen LogP contribution in [0.15, 0.2) is 71.7 Å². The number of benzene rings is 3. The highest BCUT2D eigenvalue weighted by Gasteiger charge is 2.36. The second-order valence-electron chi connectivity index (χ2n) is 12.3. The highest BCUT2D eigenvalue weighted by atomic mass is 16.5. The summed E-state index contributed by atoms with van der Waals surface area (Å²) in [6, 6.07) is 21.2. The predicted octanol–water partition coefficient (Wildman–Crippen LogP) is 5.76. The molecule has 3 aromatic rings. The number of methoxy groups -OCH3 is 1. The van der Waals surface area contributed by atoms with Crippen molar-refractivity contribution < 1.29 is 23.8 Å². The Labute approximate surface area is 267 Å². The van der Waals surface area contributed by atoms with Crippen LogP contribution in [0.4, 0.5) is 0 Å². The lowest BCUT2D eigenvalue weighted by Crippen LogP contribution is -2.46. The molecule has 3 atom stereocenters. The van der Waals surface area contributed by atoms with Crippen LogP contribution in [0.25, 0.3) is 0 Å². The van der Waals surface area contributed by atoms with Crippen molar-refractivity contribution in [3.05, 3.63) is 94.5 Å². The van der Waals surface area contributed by atoms with Gasteiger partial charge in [-0.15, -0.1) is 0 Å². The molecular formula is C37H45N3O5. The molecule has 8 nitrogen and oxygen atoms in total. The van der Waals surface area contributed by atoms with Gasteiger partial charge in [0.2, 0.25) is 0 Å². The van der Waals surface area contributed by atoms with E-state index in [-0.39, 0.29) is 48.9 Å². The highest BCUT2D eigenvalue weighted by Crippen LogP contribution is 2.42. The SMILES string of the molecule is CCOc1cc2c(cc1OC)C(c1ccc(C(=O)N(C(C)C)[C@@H](C)COC(=O)Cc3ccccc3)cc1)=N[C@@H]1CCN(C)C[C@H]21. The lowest BCUT2D eigenvalue weighted by molar-refractivity contribution is -0.144. The Hall–Kier alpha value is -4.17. The number of hydrogen-bond donors (Lipinski definition) is 0. The summed E-state index contributed by atoms with van der Waals surface area (Å²) in [5, 5.41) is 0. The molecule has 2 heterocycles. The number of likely N-dealkylation sites (tertiary alicyclic amines) is 1. The molecule has 5 rings (SSSR count). The summed E-state index contributed by atoms with van der Waals surface area (Å²) in [5.41, 5.74) is 5.61. The van der Waals surface area contributed by atoms with Gasteiger partial charge < -0.3 is 24.0 Å². The summed E-state index contributed by atoms with van der Waals surface area (Å²) < 4.78 is 17.3. The van der Waals surface area contributed by atoms with E-state index in [1.54, 1.807) is 12.0 Å².